The number of aromatic amines is 1. The lowest BCUT2D eigenvalue weighted by Crippen LogP contribution is -1.89. The normalized spacial score (nSPS) is 10.9. The van der Waals surface area contributed by atoms with Gasteiger partial charge in [-0.05, 0) is 11.6 Å². The molecule has 0 aliphatic carbocycles. The summed E-state index contributed by atoms with van der Waals surface area (Å²) in [5.41, 5.74) is 2.99. The minimum absolute atomic E-state index is 0.744. The van der Waals surface area contributed by atoms with Gasteiger partial charge in [0.2, 0.25) is 0 Å². The van der Waals surface area contributed by atoms with Crippen LogP contribution >= 0.6 is 50.1 Å². The molecular weight excluding hydrogens is 322 g/mol. The minimum atomic E-state index is 0.744. The zero-order chi connectivity index (χ0) is 14.3. The molecule has 0 aliphatic rings. The first-order valence-corrected chi connectivity index (χ1v) is 7.69. The Labute approximate surface area is 138 Å². The van der Waals surface area contributed by atoms with E-state index in [9.17, 15) is 0 Å². The van der Waals surface area contributed by atoms with Crippen molar-refractivity contribution in [1.29, 1.82) is 0 Å². The first-order chi connectivity index (χ1) is 9.59. The molecule has 3 aromatic rings. The van der Waals surface area contributed by atoms with E-state index in [1.54, 1.807) is 0 Å². The van der Waals surface area contributed by atoms with Crippen molar-refractivity contribution in [3.63, 3.8) is 0 Å². The van der Waals surface area contributed by atoms with Crippen molar-refractivity contribution in [2.24, 2.45) is 0 Å². The van der Waals surface area contributed by atoms with Gasteiger partial charge in [-0.25, -0.2) is 0 Å². The summed E-state index contributed by atoms with van der Waals surface area (Å²) >= 11 is 19.0. The van der Waals surface area contributed by atoms with Crippen LogP contribution in [-0.2, 0) is 0 Å². The molecular formula is C15H11NS4. The molecule has 20 heavy (non-hydrogen) atoms. The Hall–Kier alpha value is -0.880. The van der Waals surface area contributed by atoms with Crippen molar-refractivity contribution < 1.29 is 0 Å². The van der Waals surface area contributed by atoms with Crippen LogP contribution < -0.4 is 0 Å². The molecule has 0 saturated carbocycles. The maximum absolute atomic E-state index is 5.64. The summed E-state index contributed by atoms with van der Waals surface area (Å²) in [7, 11) is 0. The third-order valence-electron chi connectivity index (χ3n) is 3.18. The molecule has 1 heterocycles. The molecule has 0 bridgehead atoms. The van der Waals surface area contributed by atoms with Gasteiger partial charge in [-0.3, -0.25) is 0 Å². The van der Waals surface area contributed by atoms with Crippen molar-refractivity contribution in [1.82, 2.24) is 4.98 Å². The van der Waals surface area contributed by atoms with E-state index in [-0.39, 0.29) is 0 Å². The smallest absolute Gasteiger partial charge is 0.0575 e. The van der Waals surface area contributed by atoms with Gasteiger partial charge in [0.15, 0.2) is 0 Å². The van der Waals surface area contributed by atoms with Gasteiger partial charge in [-0.1, -0.05) is 42.5 Å². The lowest BCUT2D eigenvalue weighted by atomic mass is 10.1. The van der Waals surface area contributed by atoms with E-state index in [0.717, 1.165) is 41.2 Å². The van der Waals surface area contributed by atoms with Crippen molar-refractivity contribution in [3.8, 4) is 11.1 Å². The number of nitrogens with one attached hydrogen (secondary N) is 1. The van der Waals surface area contributed by atoms with Gasteiger partial charge in [0.1, 0.15) is 0 Å². The molecule has 1 aromatic heterocycles. The lowest BCUT2D eigenvalue weighted by Gasteiger charge is -2.10. The first kappa shape index (κ1) is 14.1. The Balaban J connectivity index is 2.40. The largest absolute Gasteiger partial charge is 0.360 e. The molecule has 0 aliphatic heterocycles. The van der Waals surface area contributed by atoms with Crippen LogP contribution in [0.4, 0.5) is 0 Å². The highest BCUT2D eigenvalue weighted by Gasteiger charge is 2.11. The molecule has 0 fully saturated rings. The Kier molecular flexibility index (Phi) is 3.86. The van der Waals surface area contributed by atoms with Crippen molar-refractivity contribution >= 4 is 61.0 Å². The summed E-state index contributed by atoms with van der Waals surface area (Å²) in [5.74, 6) is 0. The first-order valence-electron chi connectivity index (χ1n) is 5.94. The number of thiol groups is 3. The van der Waals surface area contributed by atoms with E-state index in [2.05, 4.69) is 42.9 Å². The second-order valence-electron chi connectivity index (χ2n) is 4.41. The fraction of sp³-hybridized carbons (Fsp3) is 0. The fourth-order valence-electron chi connectivity index (χ4n) is 2.17. The molecule has 0 spiro atoms. The number of hydrogen-bond donors (Lipinski definition) is 4. The predicted octanol–water partition coefficient (Wildman–Crippen LogP) is 5.43. The molecule has 0 atom stereocenters. The zero-order valence-corrected chi connectivity index (χ0v) is 13.8. The Morgan fingerprint density at radius 1 is 0.950 bits per heavy atom. The van der Waals surface area contributed by atoms with E-state index in [4.69, 9.17) is 12.2 Å². The Bertz CT molecular complexity index is 853. The van der Waals surface area contributed by atoms with Crippen molar-refractivity contribution in [2.45, 2.75) is 14.7 Å². The number of hydrogen-bond acceptors (Lipinski definition) is 4. The van der Waals surface area contributed by atoms with Crippen molar-refractivity contribution in [3.05, 3.63) is 47.1 Å². The number of aromatic nitrogens is 1. The summed E-state index contributed by atoms with van der Waals surface area (Å²) in [6, 6.07) is 12.0. The number of fused-ring (bicyclic) bond motifs is 1. The summed E-state index contributed by atoms with van der Waals surface area (Å²) in [4.78, 5) is 5.55. The Morgan fingerprint density at radius 3 is 2.35 bits per heavy atom. The van der Waals surface area contributed by atoms with Crippen LogP contribution in [0.25, 0.3) is 22.0 Å². The SMILES string of the molecule is S=c1c(-c2ccccc2)c[nH]c2cc(S)c(S)c(S)c12. The monoisotopic (exact) mass is 333 g/mol. The Morgan fingerprint density at radius 2 is 1.65 bits per heavy atom. The van der Waals surface area contributed by atoms with Crippen molar-refractivity contribution in [2.75, 3.05) is 0 Å². The maximum Gasteiger partial charge on any atom is 0.0575 e. The van der Waals surface area contributed by atoms with E-state index in [1.165, 1.54) is 0 Å². The van der Waals surface area contributed by atoms with Crippen LogP contribution in [0.2, 0.25) is 0 Å². The van der Waals surface area contributed by atoms with Crippen LogP contribution in [0, 0.1) is 4.51 Å². The number of H-pyrrole nitrogens is 1. The summed E-state index contributed by atoms with van der Waals surface area (Å²) in [6.07, 6.45) is 1.93. The maximum atomic E-state index is 5.64. The van der Waals surface area contributed by atoms with Crippen LogP contribution in [0.3, 0.4) is 0 Å². The molecule has 0 saturated heterocycles. The summed E-state index contributed by atoms with van der Waals surface area (Å²) in [6.45, 7) is 0. The zero-order valence-electron chi connectivity index (χ0n) is 10.3. The number of pyridine rings is 1. The minimum Gasteiger partial charge on any atom is -0.360 e. The third kappa shape index (κ3) is 2.29. The van der Waals surface area contributed by atoms with Crippen LogP contribution in [0.5, 0.6) is 0 Å². The number of benzene rings is 2. The fourth-order valence-corrected chi connectivity index (χ4v) is 3.49. The average Bonchev–Trinajstić information content (AvgIpc) is 2.46. The van der Waals surface area contributed by atoms with Gasteiger partial charge in [-0.2, -0.15) is 0 Å². The lowest BCUT2D eigenvalue weighted by molar-refractivity contribution is 1.16. The van der Waals surface area contributed by atoms with E-state index in [1.807, 2.05) is 42.6 Å². The van der Waals surface area contributed by atoms with Crippen LogP contribution in [0.1, 0.15) is 0 Å². The molecule has 100 valence electrons. The van der Waals surface area contributed by atoms with Gasteiger partial charge in [0.25, 0.3) is 0 Å². The highest BCUT2D eigenvalue weighted by Crippen LogP contribution is 2.35. The standard InChI is InChI=1S/C15H11NS4/c17-11-6-10-12(15(20)14(11)19)13(18)9(7-16-10)8-4-2-1-3-5-8/h1-7,17,19-20H,(H,16,18). The summed E-state index contributed by atoms with van der Waals surface area (Å²) < 4.78 is 0.776. The second-order valence-corrected chi connectivity index (χ2v) is 6.20. The van der Waals surface area contributed by atoms with Gasteiger partial charge in [0, 0.05) is 37.3 Å². The molecule has 5 heteroatoms. The quantitative estimate of drug-likeness (QED) is 0.345. The number of rotatable bonds is 1. The molecule has 1 N–H and O–H groups in total. The third-order valence-corrected chi connectivity index (χ3v) is 5.22. The van der Waals surface area contributed by atoms with E-state index < -0.39 is 0 Å². The van der Waals surface area contributed by atoms with Crippen LogP contribution in [0.15, 0.2) is 57.3 Å². The average molecular weight is 334 g/mol. The van der Waals surface area contributed by atoms with Gasteiger partial charge >= 0.3 is 0 Å². The molecule has 0 amide bonds. The topological polar surface area (TPSA) is 15.8 Å². The molecule has 0 unspecified atom stereocenters. The highest BCUT2D eigenvalue weighted by molar-refractivity contribution is 7.85. The predicted molar refractivity (Wildman–Crippen MR) is 96.3 cm³/mol. The highest BCUT2D eigenvalue weighted by atomic mass is 32.1. The van der Waals surface area contributed by atoms with E-state index in [0.29, 0.717) is 0 Å². The molecule has 0 radical (unpaired) electrons. The van der Waals surface area contributed by atoms with Gasteiger partial charge in [-0.15, -0.1) is 37.9 Å². The van der Waals surface area contributed by atoms with E-state index >= 15 is 0 Å². The van der Waals surface area contributed by atoms with Gasteiger partial charge in [0.05, 0.1) is 4.51 Å². The van der Waals surface area contributed by atoms with Crippen LogP contribution in [-0.4, -0.2) is 4.98 Å². The summed E-state index contributed by atoms with van der Waals surface area (Å²) in [5, 5.41) is 0.910. The van der Waals surface area contributed by atoms with Gasteiger partial charge < -0.3 is 4.98 Å². The molecule has 1 nitrogen and oxygen atoms in total. The second kappa shape index (κ2) is 5.48. The molecule has 2 aromatic carbocycles. The molecule has 3 rings (SSSR count).